The molecule has 0 spiro atoms. The molecule has 7 heteroatoms. The van der Waals surface area contributed by atoms with Gasteiger partial charge in [0.05, 0.1) is 11.0 Å². The van der Waals surface area contributed by atoms with Crippen molar-refractivity contribution >= 4 is 27.3 Å². The third-order valence-electron chi connectivity index (χ3n) is 3.72. The molecule has 1 aromatic rings. The van der Waals surface area contributed by atoms with Gasteiger partial charge < -0.3 is 5.32 Å². The zero-order valence-electron chi connectivity index (χ0n) is 12.9. The van der Waals surface area contributed by atoms with Gasteiger partial charge in [-0.1, -0.05) is 32.4 Å². The molecule has 0 bridgehead atoms. The van der Waals surface area contributed by atoms with Crippen molar-refractivity contribution in [3.63, 3.8) is 0 Å². The minimum absolute atomic E-state index is 0.215. The van der Waals surface area contributed by atoms with Crippen molar-refractivity contribution in [2.45, 2.75) is 51.2 Å². The van der Waals surface area contributed by atoms with Crippen LogP contribution in [0.1, 0.15) is 45.0 Å². The Balaban J connectivity index is 2.22. The van der Waals surface area contributed by atoms with Crippen LogP contribution in [0.25, 0.3) is 0 Å². The third-order valence-corrected chi connectivity index (χ3v) is 6.36. The van der Waals surface area contributed by atoms with Gasteiger partial charge in [0.15, 0.2) is 9.84 Å². The van der Waals surface area contributed by atoms with Gasteiger partial charge in [-0.2, -0.15) is 0 Å². The van der Waals surface area contributed by atoms with Gasteiger partial charge in [-0.15, -0.1) is 0 Å². The fourth-order valence-electron chi connectivity index (χ4n) is 2.29. The van der Waals surface area contributed by atoms with Gasteiger partial charge in [0, 0.05) is 17.5 Å². The van der Waals surface area contributed by atoms with Crippen LogP contribution in [-0.4, -0.2) is 35.9 Å². The number of rotatable bonds is 3. The molecule has 1 aliphatic heterocycles. The maximum absolute atomic E-state index is 11.9. The number of aromatic nitrogens is 2. The first-order chi connectivity index (χ1) is 9.61. The van der Waals surface area contributed by atoms with Crippen molar-refractivity contribution in [3.8, 4) is 0 Å². The summed E-state index contributed by atoms with van der Waals surface area (Å²) in [6, 6.07) is 0. The molecule has 1 aliphatic rings. The first kappa shape index (κ1) is 16.5. The summed E-state index contributed by atoms with van der Waals surface area (Å²) in [5, 5.41) is 3.23. The van der Waals surface area contributed by atoms with Crippen molar-refractivity contribution in [3.05, 3.63) is 16.5 Å². The molecule has 1 atom stereocenters. The Morgan fingerprint density at radius 1 is 1.33 bits per heavy atom. The van der Waals surface area contributed by atoms with E-state index in [0.29, 0.717) is 29.8 Å². The van der Waals surface area contributed by atoms with Crippen LogP contribution in [0.3, 0.4) is 0 Å². The minimum Gasteiger partial charge on any atom is -0.368 e. The number of nitrogens with one attached hydrogen (secondary N) is 1. The van der Waals surface area contributed by atoms with Crippen LogP contribution in [0.15, 0.2) is 0 Å². The van der Waals surface area contributed by atoms with Gasteiger partial charge in [-0.3, -0.25) is 0 Å². The molecule has 2 heterocycles. The van der Waals surface area contributed by atoms with E-state index < -0.39 is 9.84 Å². The highest BCUT2D eigenvalue weighted by atomic mass is 35.5. The van der Waals surface area contributed by atoms with Crippen LogP contribution in [0.2, 0.25) is 5.15 Å². The van der Waals surface area contributed by atoms with E-state index >= 15 is 0 Å². The summed E-state index contributed by atoms with van der Waals surface area (Å²) in [7, 11) is -2.96. The summed E-state index contributed by atoms with van der Waals surface area (Å²) in [5.74, 6) is 1.56. The largest absolute Gasteiger partial charge is 0.368 e. The Bertz CT molecular complexity index is 638. The summed E-state index contributed by atoms with van der Waals surface area (Å²) in [6.07, 6.45) is 1.45. The van der Waals surface area contributed by atoms with Crippen LogP contribution in [0.5, 0.6) is 0 Å². The molecule has 5 nitrogen and oxygen atoms in total. The molecule has 0 saturated carbocycles. The highest BCUT2D eigenvalue weighted by molar-refractivity contribution is 7.92. The van der Waals surface area contributed by atoms with E-state index in [4.69, 9.17) is 11.6 Å². The van der Waals surface area contributed by atoms with Crippen molar-refractivity contribution < 1.29 is 8.42 Å². The molecule has 2 rings (SSSR count). The summed E-state index contributed by atoms with van der Waals surface area (Å²) >= 11 is 6.17. The first-order valence-corrected chi connectivity index (χ1v) is 9.20. The van der Waals surface area contributed by atoms with Gasteiger partial charge >= 0.3 is 0 Å². The molecule has 0 amide bonds. The lowest BCUT2D eigenvalue weighted by Crippen LogP contribution is -2.26. The lowest BCUT2D eigenvalue weighted by atomic mass is 9.95. The summed E-state index contributed by atoms with van der Waals surface area (Å²) in [6.45, 7) is 8.25. The smallest absolute Gasteiger partial charge is 0.154 e. The number of sulfone groups is 1. The second-order valence-corrected chi connectivity index (χ2v) is 9.33. The Morgan fingerprint density at radius 2 is 2.00 bits per heavy atom. The van der Waals surface area contributed by atoms with Crippen molar-refractivity contribution in [1.82, 2.24) is 9.97 Å². The molecular formula is C14H22ClN3O2S. The van der Waals surface area contributed by atoms with Crippen LogP contribution in [0, 0.1) is 6.92 Å². The van der Waals surface area contributed by atoms with E-state index in [0.717, 1.165) is 12.0 Å². The number of anilines is 1. The fraction of sp³-hybridized carbons (Fsp3) is 0.714. The molecule has 1 fully saturated rings. The van der Waals surface area contributed by atoms with Gasteiger partial charge in [0.1, 0.15) is 16.8 Å². The van der Waals surface area contributed by atoms with Gasteiger partial charge in [0.2, 0.25) is 0 Å². The van der Waals surface area contributed by atoms with Gasteiger partial charge in [0.25, 0.3) is 0 Å². The molecule has 1 unspecified atom stereocenters. The fourth-order valence-corrected chi connectivity index (χ4v) is 4.23. The van der Waals surface area contributed by atoms with E-state index in [1.165, 1.54) is 0 Å². The first-order valence-electron chi connectivity index (χ1n) is 7.11. The average Bonchev–Trinajstić information content (AvgIpc) is 2.69. The standard InChI is InChI=1S/C14H22ClN3O2S/c1-9-11(15)17-13(14(2,3)4)18-12(9)16-8-10-6-5-7-21(10,19)20/h10H,5-8H2,1-4H3,(H,16,17,18). The van der Waals surface area contributed by atoms with Crippen molar-refractivity contribution in [2.75, 3.05) is 17.6 Å². The Kier molecular flexibility index (Phi) is 4.49. The molecular weight excluding hydrogens is 310 g/mol. The maximum Gasteiger partial charge on any atom is 0.154 e. The molecule has 1 N–H and O–H groups in total. The van der Waals surface area contributed by atoms with E-state index in [-0.39, 0.29) is 16.4 Å². The lowest BCUT2D eigenvalue weighted by Gasteiger charge is -2.20. The number of nitrogens with zero attached hydrogens (tertiary/aromatic N) is 2. The molecule has 118 valence electrons. The highest BCUT2D eigenvalue weighted by Gasteiger charge is 2.31. The van der Waals surface area contributed by atoms with E-state index in [1.54, 1.807) is 0 Å². The molecule has 21 heavy (non-hydrogen) atoms. The summed E-state index contributed by atoms with van der Waals surface area (Å²) < 4.78 is 23.7. The van der Waals surface area contributed by atoms with E-state index in [2.05, 4.69) is 15.3 Å². The average molecular weight is 332 g/mol. The Morgan fingerprint density at radius 3 is 2.52 bits per heavy atom. The monoisotopic (exact) mass is 331 g/mol. The minimum atomic E-state index is -2.96. The lowest BCUT2D eigenvalue weighted by molar-refractivity contribution is 0.545. The van der Waals surface area contributed by atoms with Crippen LogP contribution in [0.4, 0.5) is 5.82 Å². The molecule has 0 radical (unpaired) electrons. The van der Waals surface area contributed by atoms with Gasteiger partial charge in [-0.25, -0.2) is 18.4 Å². The highest BCUT2D eigenvalue weighted by Crippen LogP contribution is 2.27. The summed E-state index contributed by atoms with van der Waals surface area (Å²) in [5.41, 5.74) is 0.535. The van der Waals surface area contributed by atoms with Crippen molar-refractivity contribution in [1.29, 1.82) is 0 Å². The van der Waals surface area contributed by atoms with E-state index in [1.807, 2.05) is 27.7 Å². The topological polar surface area (TPSA) is 72.0 Å². The number of hydrogen-bond donors (Lipinski definition) is 1. The van der Waals surface area contributed by atoms with Crippen LogP contribution >= 0.6 is 11.6 Å². The number of hydrogen-bond acceptors (Lipinski definition) is 5. The third kappa shape index (κ3) is 3.66. The van der Waals surface area contributed by atoms with Crippen molar-refractivity contribution in [2.24, 2.45) is 0 Å². The molecule has 0 aromatic carbocycles. The Hall–Kier alpha value is -0.880. The maximum atomic E-state index is 11.9. The van der Waals surface area contributed by atoms with Crippen LogP contribution < -0.4 is 5.32 Å². The quantitative estimate of drug-likeness (QED) is 0.862. The Labute approximate surface area is 131 Å². The molecule has 1 aromatic heterocycles. The second kappa shape index (κ2) is 5.72. The molecule has 0 aliphatic carbocycles. The molecule has 1 saturated heterocycles. The predicted molar refractivity (Wildman–Crippen MR) is 85.8 cm³/mol. The van der Waals surface area contributed by atoms with E-state index in [9.17, 15) is 8.42 Å². The van der Waals surface area contributed by atoms with Crippen LogP contribution in [-0.2, 0) is 15.3 Å². The second-order valence-electron chi connectivity index (χ2n) is 6.57. The van der Waals surface area contributed by atoms with Gasteiger partial charge in [-0.05, 0) is 19.8 Å². The normalized spacial score (nSPS) is 21.5. The zero-order valence-corrected chi connectivity index (χ0v) is 14.5. The number of halogens is 1. The SMILES string of the molecule is Cc1c(Cl)nc(C(C)(C)C)nc1NCC1CCCS1(=O)=O. The predicted octanol–water partition coefficient (Wildman–Crippen LogP) is 2.73. The zero-order chi connectivity index (χ0) is 15.8. The summed E-state index contributed by atoms with van der Waals surface area (Å²) in [4.78, 5) is 8.82.